The van der Waals surface area contributed by atoms with Gasteiger partial charge in [0.15, 0.2) is 0 Å². The number of amides is 1. The smallest absolute Gasteiger partial charge is 0.251 e. The Morgan fingerprint density at radius 1 is 1.10 bits per heavy atom. The molecule has 0 fully saturated rings. The van der Waals surface area contributed by atoms with Crippen LogP contribution in [0, 0.1) is 0 Å². The first-order chi connectivity index (χ1) is 15.0. The number of benzene rings is 3. The van der Waals surface area contributed by atoms with Gasteiger partial charge in [-0.1, -0.05) is 51.8 Å². The maximum Gasteiger partial charge on any atom is 0.251 e. The number of imidazole rings is 1. The SMILES string of the molecule is CC(NC(=O)c1ccc(Br)cc1)c1nc2ccccc2n1CCOc1ccccc1Cl. The second-order valence-corrected chi connectivity index (χ2v) is 8.41. The summed E-state index contributed by atoms with van der Waals surface area (Å²) in [6.45, 7) is 2.92. The number of hydrogen-bond acceptors (Lipinski definition) is 3. The largest absolute Gasteiger partial charge is 0.490 e. The molecule has 1 heterocycles. The minimum absolute atomic E-state index is 0.147. The van der Waals surface area contributed by atoms with E-state index in [1.54, 1.807) is 18.2 Å². The van der Waals surface area contributed by atoms with Crippen molar-refractivity contribution >= 4 is 44.5 Å². The number of para-hydroxylation sites is 3. The normalized spacial score (nSPS) is 12.0. The second-order valence-electron chi connectivity index (χ2n) is 7.09. The number of hydrogen-bond donors (Lipinski definition) is 1. The van der Waals surface area contributed by atoms with Crippen LogP contribution in [0.15, 0.2) is 77.3 Å². The molecule has 0 spiro atoms. The molecule has 1 aromatic heterocycles. The van der Waals surface area contributed by atoms with Crippen LogP contribution in [0.3, 0.4) is 0 Å². The van der Waals surface area contributed by atoms with Gasteiger partial charge in [0, 0.05) is 10.0 Å². The van der Waals surface area contributed by atoms with Gasteiger partial charge in [0.05, 0.1) is 28.6 Å². The van der Waals surface area contributed by atoms with Gasteiger partial charge in [0.25, 0.3) is 5.91 Å². The van der Waals surface area contributed by atoms with Gasteiger partial charge in [0.2, 0.25) is 0 Å². The molecule has 4 rings (SSSR count). The van der Waals surface area contributed by atoms with E-state index in [4.69, 9.17) is 21.3 Å². The molecule has 7 heteroatoms. The van der Waals surface area contributed by atoms with Crippen LogP contribution in [-0.2, 0) is 6.54 Å². The number of nitrogens with one attached hydrogen (secondary N) is 1. The van der Waals surface area contributed by atoms with Gasteiger partial charge in [-0.2, -0.15) is 0 Å². The van der Waals surface area contributed by atoms with Crippen LogP contribution < -0.4 is 10.1 Å². The highest BCUT2D eigenvalue weighted by Crippen LogP contribution is 2.24. The molecule has 1 atom stereocenters. The monoisotopic (exact) mass is 497 g/mol. The van der Waals surface area contributed by atoms with Crippen LogP contribution in [0.5, 0.6) is 5.75 Å². The quantitative estimate of drug-likeness (QED) is 0.339. The third-order valence-corrected chi connectivity index (χ3v) is 5.78. The van der Waals surface area contributed by atoms with Crippen LogP contribution in [-0.4, -0.2) is 22.1 Å². The van der Waals surface area contributed by atoms with Crippen molar-refractivity contribution in [3.63, 3.8) is 0 Å². The van der Waals surface area contributed by atoms with E-state index in [9.17, 15) is 4.79 Å². The van der Waals surface area contributed by atoms with Gasteiger partial charge >= 0.3 is 0 Å². The average molecular weight is 499 g/mol. The van der Waals surface area contributed by atoms with Gasteiger partial charge in [-0.05, 0) is 55.5 Å². The average Bonchev–Trinajstić information content (AvgIpc) is 3.14. The third kappa shape index (κ3) is 4.92. The molecule has 0 aliphatic rings. The molecule has 0 saturated carbocycles. The van der Waals surface area contributed by atoms with E-state index in [1.807, 2.05) is 61.5 Å². The number of carbonyl (C=O) groups is 1. The Morgan fingerprint density at radius 3 is 2.58 bits per heavy atom. The van der Waals surface area contributed by atoms with E-state index in [0.717, 1.165) is 21.3 Å². The minimum atomic E-state index is -0.288. The summed E-state index contributed by atoms with van der Waals surface area (Å²) in [4.78, 5) is 17.5. The maximum absolute atomic E-state index is 12.7. The lowest BCUT2D eigenvalue weighted by atomic mass is 10.2. The molecule has 0 radical (unpaired) electrons. The first kappa shape index (κ1) is 21.4. The van der Waals surface area contributed by atoms with Gasteiger partial charge in [-0.25, -0.2) is 4.98 Å². The zero-order valence-electron chi connectivity index (χ0n) is 16.9. The van der Waals surface area contributed by atoms with Crippen LogP contribution >= 0.6 is 27.5 Å². The molecular formula is C24H21BrClN3O2. The molecule has 4 aromatic rings. The van der Waals surface area contributed by atoms with E-state index in [0.29, 0.717) is 29.5 Å². The number of ether oxygens (including phenoxy) is 1. The molecule has 0 saturated heterocycles. The Labute approximate surface area is 194 Å². The lowest BCUT2D eigenvalue weighted by Gasteiger charge is -2.17. The van der Waals surface area contributed by atoms with Crippen LogP contribution in [0.2, 0.25) is 5.02 Å². The summed E-state index contributed by atoms with van der Waals surface area (Å²) in [6.07, 6.45) is 0. The molecular weight excluding hydrogens is 478 g/mol. The zero-order chi connectivity index (χ0) is 21.8. The zero-order valence-corrected chi connectivity index (χ0v) is 19.2. The number of carbonyl (C=O) groups excluding carboxylic acids is 1. The lowest BCUT2D eigenvalue weighted by Crippen LogP contribution is -2.29. The fraction of sp³-hybridized carbons (Fsp3) is 0.167. The van der Waals surface area contributed by atoms with Crippen LogP contribution in [0.1, 0.15) is 29.1 Å². The second kappa shape index (κ2) is 9.54. The van der Waals surface area contributed by atoms with Crippen molar-refractivity contribution in [3.8, 4) is 5.75 Å². The van der Waals surface area contributed by atoms with Crippen molar-refractivity contribution in [2.24, 2.45) is 0 Å². The number of aromatic nitrogens is 2. The Bertz CT molecular complexity index is 1210. The highest BCUT2D eigenvalue weighted by molar-refractivity contribution is 9.10. The predicted molar refractivity (Wildman–Crippen MR) is 127 cm³/mol. The van der Waals surface area contributed by atoms with Gasteiger partial charge in [0.1, 0.15) is 18.2 Å². The van der Waals surface area contributed by atoms with Crippen LogP contribution in [0.25, 0.3) is 11.0 Å². The highest BCUT2D eigenvalue weighted by Gasteiger charge is 2.19. The highest BCUT2D eigenvalue weighted by atomic mass is 79.9. The Kier molecular flexibility index (Phi) is 6.59. The van der Waals surface area contributed by atoms with Crippen molar-refractivity contribution in [2.45, 2.75) is 19.5 Å². The van der Waals surface area contributed by atoms with Gasteiger partial charge in [-0.3, -0.25) is 4.79 Å². The van der Waals surface area contributed by atoms with E-state index in [1.165, 1.54) is 0 Å². The molecule has 0 aliphatic heterocycles. The molecule has 1 unspecified atom stereocenters. The minimum Gasteiger partial charge on any atom is -0.490 e. The summed E-state index contributed by atoms with van der Waals surface area (Å²) in [5, 5.41) is 3.63. The number of halogens is 2. The standard InChI is InChI=1S/C24H21BrClN3O2/c1-16(27-24(30)17-10-12-18(25)13-11-17)23-28-20-7-3-4-8-21(20)29(23)14-15-31-22-9-5-2-6-19(22)26/h2-13,16H,14-15H2,1H3,(H,27,30). The molecule has 5 nitrogen and oxygen atoms in total. The topological polar surface area (TPSA) is 56.2 Å². The van der Waals surface area contributed by atoms with Crippen molar-refractivity contribution in [1.82, 2.24) is 14.9 Å². The summed E-state index contributed by atoms with van der Waals surface area (Å²) in [5.41, 5.74) is 2.46. The first-order valence-corrected chi connectivity index (χ1v) is 11.1. The van der Waals surface area contributed by atoms with Crippen molar-refractivity contribution in [2.75, 3.05) is 6.61 Å². The summed E-state index contributed by atoms with van der Waals surface area (Å²) in [6, 6.07) is 22.3. The van der Waals surface area contributed by atoms with Gasteiger partial charge in [-0.15, -0.1) is 0 Å². The molecule has 31 heavy (non-hydrogen) atoms. The predicted octanol–water partition coefficient (Wildman–Crippen LogP) is 6.02. The van der Waals surface area contributed by atoms with E-state index in [-0.39, 0.29) is 11.9 Å². The lowest BCUT2D eigenvalue weighted by molar-refractivity contribution is 0.0937. The maximum atomic E-state index is 12.7. The van der Waals surface area contributed by atoms with E-state index < -0.39 is 0 Å². The van der Waals surface area contributed by atoms with Crippen molar-refractivity contribution in [3.05, 3.63) is 93.7 Å². The Hall–Kier alpha value is -2.83. The molecule has 1 amide bonds. The molecule has 0 bridgehead atoms. The Morgan fingerprint density at radius 2 is 1.81 bits per heavy atom. The summed E-state index contributed by atoms with van der Waals surface area (Å²) >= 11 is 9.58. The number of fused-ring (bicyclic) bond motifs is 1. The fourth-order valence-corrected chi connectivity index (χ4v) is 3.87. The Balaban J connectivity index is 1.54. The molecule has 158 valence electrons. The molecule has 0 aliphatic carbocycles. The van der Waals surface area contributed by atoms with Crippen molar-refractivity contribution < 1.29 is 9.53 Å². The molecule has 3 aromatic carbocycles. The number of rotatable bonds is 7. The first-order valence-electron chi connectivity index (χ1n) is 9.92. The van der Waals surface area contributed by atoms with E-state index in [2.05, 4.69) is 25.8 Å². The van der Waals surface area contributed by atoms with Crippen LogP contribution in [0.4, 0.5) is 0 Å². The molecule has 1 N–H and O–H groups in total. The van der Waals surface area contributed by atoms with Crippen molar-refractivity contribution in [1.29, 1.82) is 0 Å². The van der Waals surface area contributed by atoms with Gasteiger partial charge < -0.3 is 14.6 Å². The summed E-state index contributed by atoms with van der Waals surface area (Å²) in [7, 11) is 0. The fourth-order valence-electron chi connectivity index (χ4n) is 3.41. The van der Waals surface area contributed by atoms with E-state index >= 15 is 0 Å². The number of nitrogens with zero attached hydrogens (tertiary/aromatic N) is 2. The summed E-state index contributed by atoms with van der Waals surface area (Å²) in [5.74, 6) is 1.27. The summed E-state index contributed by atoms with van der Waals surface area (Å²) < 4.78 is 8.89. The third-order valence-electron chi connectivity index (χ3n) is 4.93.